The molecule has 0 aliphatic rings. The van der Waals surface area contributed by atoms with Crippen molar-refractivity contribution in [3.63, 3.8) is 0 Å². The van der Waals surface area contributed by atoms with Gasteiger partial charge in [0.1, 0.15) is 11.9 Å². The average Bonchev–Trinajstić information content (AvgIpc) is 2.26. The first-order chi connectivity index (χ1) is 6.76. The Bertz CT molecular complexity index is 317. The first-order valence-electron chi connectivity index (χ1n) is 4.25. The fourth-order valence-electron chi connectivity index (χ4n) is 0.809. The van der Waals surface area contributed by atoms with Crippen molar-refractivity contribution in [1.29, 1.82) is 5.26 Å². The lowest BCUT2D eigenvalue weighted by atomic mass is 10.4. The maximum absolute atomic E-state index is 8.49. The lowest BCUT2D eigenvalue weighted by molar-refractivity contribution is 0.128. The highest BCUT2D eigenvalue weighted by Crippen LogP contribution is 2.00. The van der Waals surface area contributed by atoms with Gasteiger partial charge in [-0.2, -0.15) is 5.26 Å². The van der Waals surface area contributed by atoms with Crippen LogP contribution in [0.5, 0.6) is 0 Å². The number of rotatable bonds is 4. The van der Waals surface area contributed by atoms with Gasteiger partial charge < -0.3 is 10.1 Å². The van der Waals surface area contributed by atoms with Crippen molar-refractivity contribution in [3.8, 4) is 6.07 Å². The van der Waals surface area contributed by atoms with E-state index in [1.165, 1.54) is 12.4 Å². The van der Waals surface area contributed by atoms with E-state index in [0.717, 1.165) is 0 Å². The molecule has 0 aliphatic carbocycles. The summed E-state index contributed by atoms with van der Waals surface area (Å²) in [6.45, 7) is 2.61. The van der Waals surface area contributed by atoms with Gasteiger partial charge in [-0.3, -0.25) is 0 Å². The molecule has 1 N–H and O–H groups in total. The van der Waals surface area contributed by atoms with Crippen LogP contribution < -0.4 is 5.32 Å². The average molecular weight is 192 g/mol. The van der Waals surface area contributed by atoms with Crippen molar-refractivity contribution < 1.29 is 4.74 Å². The highest BCUT2D eigenvalue weighted by atomic mass is 16.5. The van der Waals surface area contributed by atoms with Gasteiger partial charge in [0.05, 0.1) is 18.5 Å². The van der Waals surface area contributed by atoms with E-state index in [2.05, 4.69) is 15.3 Å². The number of nitriles is 1. The molecule has 1 aromatic rings. The number of nitrogens with one attached hydrogen (secondary N) is 1. The number of nitrogens with zero attached hydrogens (tertiary/aromatic N) is 3. The summed E-state index contributed by atoms with van der Waals surface area (Å²) in [6, 6.07) is 1.90. The van der Waals surface area contributed by atoms with Crippen molar-refractivity contribution in [2.45, 2.75) is 13.0 Å². The molecule has 0 amide bonds. The number of hydrogen-bond acceptors (Lipinski definition) is 5. The van der Waals surface area contributed by atoms with Crippen LogP contribution in [0.2, 0.25) is 0 Å². The van der Waals surface area contributed by atoms with Gasteiger partial charge in [-0.15, -0.1) is 0 Å². The molecule has 74 valence electrons. The van der Waals surface area contributed by atoms with Gasteiger partial charge in [0.2, 0.25) is 0 Å². The van der Waals surface area contributed by atoms with Gasteiger partial charge in [0, 0.05) is 13.7 Å². The smallest absolute Gasteiger partial charge is 0.158 e. The molecular weight excluding hydrogens is 180 g/mol. The zero-order chi connectivity index (χ0) is 10.4. The molecular formula is C9H12N4O. The van der Waals surface area contributed by atoms with Crippen LogP contribution >= 0.6 is 0 Å². The summed E-state index contributed by atoms with van der Waals surface area (Å²) in [6.07, 6.45) is 3.08. The minimum absolute atomic E-state index is 0.118. The highest BCUT2D eigenvalue weighted by molar-refractivity contribution is 5.33. The molecule has 0 bridgehead atoms. The Kier molecular flexibility index (Phi) is 3.83. The Morgan fingerprint density at radius 3 is 2.86 bits per heavy atom. The van der Waals surface area contributed by atoms with E-state index in [1.54, 1.807) is 7.11 Å². The summed E-state index contributed by atoms with van der Waals surface area (Å²) in [5.74, 6) is 0.646. The molecule has 0 radical (unpaired) electrons. The van der Waals surface area contributed by atoms with E-state index in [9.17, 15) is 0 Å². The van der Waals surface area contributed by atoms with Gasteiger partial charge in [-0.25, -0.2) is 9.97 Å². The fourth-order valence-corrected chi connectivity index (χ4v) is 0.809. The summed E-state index contributed by atoms with van der Waals surface area (Å²) in [4.78, 5) is 7.88. The molecule has 0 fully saturated rings. The van der Waals surface area contributed by atoms with Crippen molar-refractivity contribution in [1.82, 2.24) is 9.97 Å². The second kappa shape index (κ2) is 5.14. The molecule has 5 heteroatoms. The Morgan fingerprint density at radius 1 is 1.57 bits per heavy atom. The molecule has 0 saturated carbocycles. The second-order valence-electron chi connectivity index (χ2n) is 2.83. The van der Waals surface area contributed by atoms with Crippen LogP contribution in [0.1, 0.15) is 12.6 Å². The third kappa shape index (κ3) is 2.99. The largest absolute Gasteiger partial charge is 0.380 e. The molecule has 14 heavy (non-hydrogen) atoms. The molecule has 0 saturated heterocycles. The zero-order valence-corrected chi connectivity index (χ0v) is 8.19. The quantitative estimate of drug-likeness (QED) is 0.763. The molecule has 1 aromatic heterocycles. The SMILES string of the molecule is COC(C)CNc1cnc(C#N)cn1. The predicted molar refractivity (Wildman–Crippen MR) is 51.7 cm³/mol. The number of ether oxygens (including phenoxy) is 1. The second-order valence-corrected chi connectivity index (χ2v) is 2.83. The van der Waals surface area contributed by atoms with Gasteiger partial charge in [-0.05, 0) is 6.92 Å². The Morgan fingerprint density at radius 2 is 2.36 bits per heavy atom. The van der Waals surface area contributed by atoms with Crippen molar-refractivity contribution in [3.05, 3.63) is 18.1 Å². The molecule has 0 aliphatic heterocycles. The lowest BCUT2D eigenvalue weighted by Crippen LogP contribution is -2.18. The first-order valence-corrected chi connectivity index (χ1v) is 4.25. The third-order valence-corrected chi connectivity index (χ3v) is 1.74. The molecule has 5 nitrogen and oxygen atoms in total. The summed E-state index contributed by atoms with van der Waals surface area (Å²) < 4.78 is 5.05. The monoisotopic (exact) mass is 192 g/mol. The number of hydrogen-bond donors (Lipinski definition) is 1. The van der Waals surface area contributed by atoms with Crippen LogP contribution in [0.15, 0.2) is 12.4 Å². The number of anilines is 1. The fraction of sp³-hybridized carbons (Fsp3) is 0.444. The summed E-state index contributed by atoms with van der Waals surface area (Å²) in [7, 11) is 1.65. The van der Waals surface area contributed by atoms with E-state index in [4.69, 9.17) is 10.00 Å². The maximum atomic E-state index is 8.49. The first kappa shape index (κ1) is 10.4. The van der Waals surface area contributed by atoms with Gasteiger partial charge in [0.15, 0.2) is 5.69 Å². The van der Waals surface area contributed by atoms with Crippen LogP contribution in [-0.2, 0) is 4.74 Å². The van der Waals surface area contributed by atoms with Crippen molar-refractivity contribution in [2.24, 2.45) is 0 Å². The molecule has 1 atom stereocenters. The summed E-state index contributed by atoms with van der Waals surface area (Å²) >= 11 is 0. The topological polar surface area (TPSA) is 70.8 Å². The zero-order valence-electron chi connectivity index (χ0n) is 8.19. The van der Waals surface area contributed by atoms with Crippen LogP contribution in [0.25, 0.3) is 0 Å². The van der Waals surface area contributed by atoms with Crippen LogP contribution in [0.4, 0.5) is 5.82 Å². The van der Waals surface area contributed by atoms with Crippen molar-refractivity contribution in [2.75, 3.05) is 19.0 Å². The van der Waals surface area contributed by atoms with E-state index in [-0.39, 0.29) is 6.10 Å². The standard InChI is InChI=1S/C9H12N4O/c1-7(14-2)4-12-9-6-11-8(3-10)5-13-9/h5-7H,4H2,1-2H3,(H,12,13). The Balaban J connectivity index is 2.49. The van der Waals surface area contributed by atoms with E-state index < -0.39 is 0 Å². The molecule has 1 rings (SSSR count). The van der Waals surface area contributed by atoms with Gasteiger partial charge >= 0.3 is 0 Å². The van der Waals surface area contributed by atoms with Crippen LogP contribution in [0, 0.1) is 11.3 Å². The van der Waals surface area contributed by atoms with E-state index in [0.29, 0.717) is 18.1 Å². The van der Waals surface area contributed by atoms with Crippen LogP contribution in [-0.4, -0.2) is 29.7 Å². The highest BCUT2D eigenvalue weighted by Gasteiger charge is 2.00. The predicted octanol–water partition coefficient (Wildman–Crippen LogP) is 0.795. The Hall–Kier alpha value is -1.67. The number of methoxy groups -OCH3 is 1. The molecule has 0 spiro atoms. The number of aromatic nitrogens is 2. The van der Waals surface area contributed by atoms with Gasteiger partial charge in [-0.1, -0.05) is 0 Å². The van der Waals surface area contributed by atoms with Gasteiger partial charge in [0.25, 0.3) is 0 Å². The summed E-state index contributed by atoms with van der Waals surface area (Å²) in [5, 5.41) is 11.5. The lowest BCUT2D eigenvalue weighted by Gasteiger charge is -2.10. The molecule has 1 unspecified atom stereocenters. The van der Waals surface area contributed by atoms with E-state index in [1.807, 2.05) is 13.0 Å². The van der Waals surface area contributed by atoms with E-state index >= 15 is 0 Å². The minimum Gasteiger partial charge on any atom is -0.380 e. The Labute approximate surface area is 82.8 Å². The normalized spacial score (nSPS) is 11.8. The van der Waals surface area contributed by atoms with Crippen LogP contribution in [0.3, 0.4) is 0 Å². The molecule has 1 heterocycles. The third-order valence-electron chi connectivity index (χ3n) is 1.74. The molecule has 0 aromatic carbocycles. The van der Waals surface area contributed by atoms with Crippen molar-refractivity contribution >= 4 is 5.82 Å². The minimum atomic E-state index is 0.118. The summed E-state index contributed by atoms with van der Waals surface area (Å²) in [5.41, 5.74) is 0.315. The maximum Gasteiger partial charge on any atom is 0.158 e.